The maximum Gasteiger partial charge on any atom is 0.222 e. The first kappa shape index (κ1) is 9.00. The van der Waals surface area contributed by atoms with Crippen LogP contribution in [0.25, 0.3) is 0 Å². The summed E-state index contributed by atoms with van der Waals surface area (Å²) in [5, 5.41) is 3.40. The molecule has 2 rings (SSSR count). The third-order valence-corrected chi connectivity index (χ3v) is 3.47. The zero-order valence-electron chi connectivity index (χ0n) is 8.25. The summed E-state index contributed by atoms with van der Waals surface area (Å²) in [4.78, 5) is 13.4. The number of piperidine rings is 1. The smallest absolute Gasteiger partial charge is 0.222 e. The summed E-state index contributed by atoms with van der Waals surface area (Å²) in [6, 6.07) is 0.510. The molecule has 0 aromatic heterocycles. The molecule has 3 nitrogen and oxygen atoms in total. The van der Waals surface area contributed by atoms with Gasteiger partial charge in [0.25, 0.3) is 0 Å². The van der Waals surface area contributed by atoms with E-state index in [4.69, 9.17) is 0 Å². The van der Waals surface area contributed by atoms with Gasteiger partial charge in [-0.1, -0.05) is 0 Å². The van der Waals surface area contributed by atoms with E-state index in [1.165, 1.54) is 6.42 Å². The minimum Gasteiger partial charge on any atom is -0.342 e. The minimum atomic E-state index is 0.336. The average molecular weight is 182 g/mol. The first-order valence-electron chi connectivity index (χ1n) is 5.25. The largest absolute Gasteiger partial charge is 0.342 e. The highest BCUT2D eigenvalue weighted by molar-refractivity contribution is 5.77. The highest BCUT2D eigenvalue weighted by atomic mass is 16.2. The molecule has 2 heterocycles. The second-order valence-corrected chi connectivity index (χ2v) is 4.20. The maximum atomic E-state index is 11.5. The molecule has 0 aromatic carbocycles. The Morgan fingerprint density at radius 1 is 1.31 bits per heavy atom. The van der Waals surface area contributed by atoms with Gasteiger partial charge in [0, 0.05) is 19.5 Å². The molecule has 2 fully saturated rings. The summed E-state index contributed by atoms with van der Waals surface area (Å²) >= 11 is 0. The Morgan fingerprint density at radius 2 is 2.08 bits per heavy atom. The summed E-state index contributed by atoms with van der Waals surface area (Å²) in [5.74, 6) is 1.08. The summed E-state index contributed by atoms with van der Waals surface area (Å²) < 4.78 is 0. The summed E-state index contributed by atoms with van der Waals surface area (Å²) in [7, 11) is 1.96. The quantitative estimate of drug-likeness (QED) is 0.595. The van der Waals surface area contributed by atoms with E-state index in [1.807, 2.05) is 11.9 Å². The molecule has 1 N–H and O–H groups in total. The fraction of sp³-hybridized carbons (Fsp3) is 0.900. The number of nitrogens with zero attached hydrogens (tertiary/aromatic N) is 1. The van der Waals surface area contributed by atoms with Crippen LogP contribution in [0.2, 0.25) is 0 Å². The normalized spacial score (nSPS) is 35.5. The van der Waals surface area contributed by atoms with Gasteiger partial charge >= 0.3 is 0 Å². The molecule has 2 saturated heterocycles. The topological polar surface area (TPSA) is 32.3 Å². The van der Waals surface area contributed by atoms with E-state index in [2.05, 4.69) is 5.32 Å². The molecule has 0 aromatic rings. The Labute approximate surface area is 79.5 Å². The zero-order chi connectivity index (χ0) is 9.26. The molecule has 1 amide bonds. The molecule has 0 bridgehead atoms. The van der Waals surface area contributed by atoms with E-state index in [9.17, 15) is 4.79 Å². The van der Waals surface area contributed by atoms with Crippen LogP contribution >= 0.6 is 0 Å². The number of rotatable bonds is 0. The van der Waals surface area contributed by atoms with Crippen LogP contribution < -0.4 is 5.32 Å². The molecule has 0 unspecified atom stereocenters. The van der Waals surface area contributed by atoms with Crippen molar-refractivity contribution in [1.29, 1.82) is 0 Å². The number of nitrogens with one attached hydrogen (secondary N) is 1. The SMILES string of the molecule is CN1C(=O)CC[C@@H]2CCNCC[C@H]21. The van der Waals surface area contributed by atoms with Gasteiger partial charge in [-0.15, -0.1) is 0 Å². The van der Waals surface area contributed by atoms with E-state index < -0.39 is 0 Å². The summed E-state index contributed by atoms with van der Waals surface area (Å²) in [6.07, 6.45) is 4.24. The van der Waals surface area contributed by atoms with Crippen molar-refractivity contribution in [3.63, 3.8) is 0 Å². The van der Waals surface area contributed by atoms with E-state index in [1.54, 1.807) is 0 Å². The lowest BCUT2D eigenvalue weighted by atomic mass is 9.86. The Kier molecular flexibility index (Phi) is 2.54. The molecular weight excluding hydrogens is 164 g/mol. The first-order chi connectivity index (χ1) is 6.29. The fourth-order valence-corrected chi connectivity index (χ4v) is 2.61. The standard InChI is InChI=1S/C10H18N2O/c1-12-9-5-7-11-6-4-8(9)2-3-10(12)13/h8-9,11H,2-7H2,1H3/t8-,9-/m1/s1. The van der Waals surface area contributed by atoms with Crippen LogP contribution in [-0.4, -0.2) is 37.0 Å². The highest BCUT2D eigenvalue weighted by Gasteiger charge is 2.33. The van der Waals surface area contributed by atoms with E-state index in [-0.39, 0.29) is 0 Å². The predicted octanol–water partition coefficient (Wildman–Crippen LogP) is 0.607. The van der Waals surface area contributed by atoms with Crippen molar-refractivity contribution in [1.82, 2.24) is 10.2 Å². The molecule has 0 saturated carbocycles. The minimum absolute atomic E-state index is 0.336. The second-order valence-electron chi connectivity index (χ2n) is 4.20. The van der Waals surface area contributed by atoms with Gasteiger partial charge in [-0.3, -0.25) is 4.79 Å². The van der Waals surface area contributed by atoms with Crippen LogP contribution in [-0.2, 0) is 4.79 Å². The van der Waals surface area contributed by atoms with Gasteiger partial charge in [-0.05, 0) is 38.3 Å². The lowest BCUT2D eigenvalue weighted by molar-refractivity contribution is -0.136. The molecule has 2 atom stereocenters. The van der Waals surface area contributed by atoms with Gasteiger partial charge in [0.15, 0.2) is 0 Å². The average Bonchev–Trinajstić information content (AvgIpc) is 2.36. The Hall–Kier alpha value is -0.570. The number of likely N-dealkylation sites (tertiary alicyclic amines) is 1. The van der Waals surface area contributed by atoms with Crippen LogP contribution in [0.4, 0.5) is 0 Å². The molecule has 0 aliphatic carbocycles. The van der Waals surface area contributed by atoms with Gasteiger partial charge < -0.3 is 10.2 Å². The van der Waals surface area contributed by atoms with Crippen LogP contribution in [0.1, 0.15) is 25.7 Å². The van der Waals surface area contributed by atoms with Gasteiger partial charge in [-0.2, -0.15) is 0 Å². The maximum absolute atomic E-state index is 11.5. The second kappa shape index (κ2) is 3.66. The summed E-state index contributed by atoms with van der Waals surface area (Å²) in [5.41, 5.74) is 0. The van der Waals surface area contributed by atoms with E-state index >= 15 is 0 Å². The van der Waals surface area contributed by atoms with Gasteiger partial charge in [0.2, 0.25) is 5.91 Å². The van der Waals surface area contributed by atoms with Crippen LogP contribution in [0.3, 0.4) is 0 Å². The van der Waals surface area contributed by atoms with Crippen LogP contribution in [0.5, 0.6) is 0 Å². The number of fused-ring (bicyclic) bond motifs is 1. The van der Waals surface area contributed by atoms with Gasteiger partial charge in [-0.25, -0.2) is 0 Å². The van der Waals surface area contributed by atoms with Crippen molar-refractivity contribution in [2.24, 2.45) is 5.92 Å². The Balaban J connectivity index is 2.08. The van der Waals surface area contributed by atoms with Gasteiger partial charge in [0.05, 0.1) is 0 Å². The van der Waals surface area contributed by atoms with Crippen molar-refractivity contribution in [2.45, 2.75) is 31.7 Å². The third kappa shape index (κ3) is 1.70. The molecule has 3 heteroatoms. The van der Waals surface area contributed by atoms with Crippen molar-refractivity contribution >= 4 is 5.91 Å². The van der Waals surface area contributed by atoms with Crippen molar-refractivity contribution in [3.8, 4) is 0 Å². The number of carbonyl (C=O) groups excluding carboxylic acids is 1. The molecule has 74 valence electrons. The van der Waals surface area contributed by atoms with Crippen LogP contribution in [0.15, 0.2) is 0 Å². The molecule has 13 heavy (non-hydrogen) atoms. The van der Waals surface area contributed by atoms with Crippen LogP contribution in [0, 0.1) is 5.92 Å². The lowest BCUT2D eigenvalue weighted by Gasteiger charge is -2.37. The molecular formula is C10H18N2O. The van der Waals surface area contributed by atoms with Crippen molar-refractivity contribution in [2.75, 3.05) is 20.1 Å². The molecule has 0 spiro atoms. The molecule has 2 aliphatic rings. The predicted molar refractivity (Wildman–Crippen MR) is 51.4 cm³/mol. The van der Waals surface area contributed by atoms with Crippen molar-refractivity contribution in [3.05, 3.63) is 0 Å². The number of hydrogen-bond acceptors (Lipinski definition) is 2. The number of hydrogen-bond donors (Lipinski definition) is 1. The van der Waals surface area contributed by atoms with E-state index in [0.717, 1.165) is 38.3 Å². The molecule has 2 aliphatic heterocycles. The van der Waals surface area contributed by atoms with E-state index in [0.29, 0.717) is 11.9 Å². The number of carbonyl (C=O) groups is 1. The lowest BCUT2D eigenvalue weighted by Crippen LogP contribution is -2.46. The number of amides is 1. The Morgan fingerprint density at radius 3 is 2.92 bits per heavy atom. The van der Waals surface area contributed by atoms with Gasteiger partial charge in [0.1, 0.15) is 0 Å². The molecule has 0 radical (unpaired) electrons. The third-order valence-electron chi connectivity index (χ3n) is 3.47. The first-order valence-corrected chi connectivity index (χ1v) is 5.25. The Bertz CT molecular complexity index is 205. The highest BCUT2D eigenvalue weighted by Crippen LogP contribution is 2.28. The zero-order valence-corrected chi connectivity index (χ0v) is 8.25. The summed E-state index contributed by atoms with van der Waals surface area (Å²) in [6.45, 7) is 2.20. The monoisotopic (exact) mass is 182 g/mol. The van der Waals surface area contributed by atoms with Crippen molar-refractivity contribution < 1.29 is 4.79 Å². The fourth-order valence-electron chi connectivity index (χ4n) is 2.61.